The van der Waals surface area contributed by atoms with Crippen LogP contribution in [0.5, 0.6) is 0 Å². The molecule has 1 aromatic heterocycles. The van der Waals surface area contributed by atoms with Crippen molar-refractivity contribution < 1.29 is 0 Å². The standard InChI is InChI=1S/C15H20BrN3/c1-12(2)19-15(17-11-18-19)9-14(10-16)8-13-6-4-3-5-7-13/h3-7,11-12,14H,8-10H2,1-2H3. The molecule has 0 aliphatic heterocycles. The van der Waals surface area contributed by atoms with Crippen LogP contribution in [0.1, 0.15) is 31.3 Å². The maximum absolute atomic E-state index is 4.40. The van der Waals surface area contributed by atoms with Crippen molar-refractivity contribution in [2.45, 2.75) is 32.7 Å². The first-order chi connectivity index (χ1) is 9.20. The van der Waals surface area contributed by atoms with Gasteiger partial charge in [-0.25, -0.2) is 9.67 Å². The zero-order chi connectivity index (χ0) is 13.7. The molecule has 0 saturated carbocycles. The van der Waals surface area contributed by atoms with Crippen molar-refractivity contribution in [2.75, 3.05) is 5.33 Å². The molecule has 3 nitrogen and oxygen atoms in total. The summed E-state index contributed by atoms with van der Waals surface area (Å²) in [6.45, 7) is 4.27. The molecule has 0 radical (unpaired) electrons. The van der Waals surface area contributed by atoms with E-state index in [4.69, 9.17) is 0 Å². The number of halogens is 1. The lowest BCUT2D eigenvalue weighted by Gasteiger charge is -2.15. The highest BCUT2D eigenvalue weighted by Gasteiger charge is 2.15. The first-order valence-corrected chi connectivity index (χ1v) is 7.81. The first kappa shape index (κ1) is 14.3. The van der Waals surface area contributed by atoms with Crippen LogP contribution in [0.15, 0.2) is 36.7 Å². The van der Waals surface area contributed by atoms with E-state index in [-0.39, 0.29) is 0 Å². The molecule has 1 unspecified atom stereocenters. The Morgan fingerprint density at radius 2 is 1.89 bits per heavy atom. The molecule has 0 N–H and O–H groups in total. The number of benzene rings is 1. The molecule has 0 aliphatic carbocycles. The lowest BCUT2D eigenvalue weighted by atomic mass is 9.98. The number of aromatic nitrogens is 3. The quantitative estimate of drug-likeness (QED) is 0.760. The van der Waals surface area contributed by atoms with E-state index in [1.54, 1.807) is 6.33 Å². The predicted molar refractivity (Wildman–Crippen MR) is 81.5 cm³/mol. The summed E-state index contributed by atoms with van der Waals surface area (Å²) in [6, 6.07) is 11.0. The average Bonchev–Trinajstić information content (AvgIpc) is 2.87. The van der Waals surface area contributed by atoms with Gasteiger partial charge in [0, 0.05) is 17.8 Å². The summed E-state index contributed by atoms with van der Waals surface area (Å²) in [6.07, 6.45) is 3.68. The monoisotopic (exact) mass is 321 g/mol. The molecule has 0 saturated heterocycles. The number of rotatable bonds is 6. The van der Waals surface area contributed by atoms with Crippen molar-refractivity contribution in [3.63, 3.8) is 0 Å². The molecule has 0 aliphatic rings. The van der Waals surface area contributed by atoms with Crippen LogP contribution in [-0.2, 0) is 12.8 Å². The Kier molecular flexibility index (Phi) is 5.14. The zero-order valence-electron chi connectivity index (χ0n) is 11.5. The lowest BCUT2D eigenvalue weighted by Crippen LogP contribution is -2.16. The van der Waals surface area contributed by atoms with E-state index >= 15 is 0 Å². The van der Waals surface area contributed by atoms with Crippen LogP contribution in [0.2, 0.25) is 0 Å². The average molecular weight is 322 g/mol. The van der Waals surface area contributed by atoms with Crippen molar-refractivity contribution in [1.82, 2.24) is 14.8 Å². The Balaban J connectivity index is 2.05. The molecule has 2 rings (SSSR count). The summed E-state index contributed by atoms with van der Waals surface area (Å²) < 4.78 is 2.01. The van der Waals surface area contributed by atoms with Crippen LogP contribution >= 0.6 is 15.9 Å². The fourth-order valence-electron chi connectivity index (χ4n) is 2.24. The lowest BCUT2D eigenvalue weighted by molar-refractivity contribution is 0.473. The largest absolute Gasteiger partial charge is 0.248 e. The third kappa shape index (κ3) is 3.90. The number of hydrogen-bond donors (Lipinski definition) is 0. The molecule has 19 heavy (non-hydrogen) atoms. The Morgan fingerprint density at radius 1 is 1.16 bits per heavy atom. The van der Waals surface area contributed by atoms with Gasteiger partial charge in [-0.3, -0.25) is 0 Å². The Morgan fingerprint density at radius 3 is 2.53 bits per heavy atom. The Bertz CT molecular complexity index is 493. The summed E-state index contributed by atoms with van der Waals surface area (Å²) in [5.41, 5.74) is 1.38. The van der Waals surface area contributed by atoms with Crippen molar-refractivity contribution in [3.05, 3.63) is 48.0 Å². The van der Waals surface area contributed by atoms with E-state index < -0.39 is 0 Å². The summed E-state index contributed by atoms with van der Waals surface area (Å²) in [5.74, 6) is 1.62. The zero-order valence-corrected chi connectivity index (χ0v) is 13.0. The third-order valence-corrected chi connectivity index (χ3v) is 4.11. The maximum atomic E-state index is 4.40. The van der Waals surface area contributed by atoms with E-state index in [9.17, 15) is 0 Å². The van der Waals surface area contributed by atoms with Crippen molar-refractivity contribution in [1.29, 1.82) is 0 Å². The minimum atomic E-state index is 0.366. The number of nitrogens with zero attached hydrogens (tertiary/aromatic N) is 3. The second-order valence-electron chi connectivity index (χ2n) is 5.13. The smallest absolute Gasteiger partial charge is 0.138 e. The van der Waals surface area contributed by atoms with Gasteiger partial charge in [-0.05, 0) is 31.7 Å². The molecule has 102 valence electrons. The SMILES string of the molecule is CC(C)n1ncnc1CC(CBr)Cc1ccccc1. The molecule has 4 heteroatoms. The number of hydrogen-bond acceptors (Lipinski definition) is 2. The van der Waals surface area contributed by atoms with Crippen LogP contribution in [0, 0.1) is 5.92 Å². The van der Waals surface area contributed by atoms with Gasteiger partial charge in [0.15, 0.2) is 0 Å². The molecular formula is C15H20BrN3. The minimum absolute atomic E-state index is 0.366. The molecule has 0 fully saturated rings. The molecule has 1 atom stereocenters. The molecule has 1 heterocycles. The summed E-state index contributed by atoms with van der Waals surface area (Å²) in [7, 11) is 0. The van der Waals surface area contributed by atoms with Crippen molar-refractivity contribution in [2.24, 2.45) is 5.92 Å². The third-order valence-electron chi connectivity index (χ3n) is 3.19. The summed E-state index contributed by atoms with van der Waals surface area (Å²) >= 11 is 3.62. The Hall–Kier alpha value is -1.16. The van der Waals surface area contributed by atoms with Gasteiger partial charge in [0.2, 0.25) is 0 Å². The highest BCUT2D eigenvalue weighted by atomic mass is 79.9. The van der Waals surface area contributed by atoms with Crippen LogP contribution in [0.3, 0.4) is 0 Å². The highest BCUT2D eigenvalue weighted by molar-refractivity contribution is 9.09. The van der Waals surface area contributed by atoms with E-state index in [0.29, 0.717) is 12.0 Å². The predicted octanol–water partition coefficient (Wildman–Crippen LogP) is 3.66. The first-order valence-electron chi connectivity index (χ1n) is 6.69. The van der Waals surface area contributed by atoms with Gasteiger partial charge in [-0.15, -0.1) is 0 Å². The van der Waals surface area contributed by atoms with Crippen LogP contribution in [-0.4, -0.2) is 20.1 Å². The van der Waals surface area contributed by atoms with Gasteiger partial charge in [0.25, 0.3) is 0 Å². The van der Waals surface area contributed by atoms with Gasteiger partial charge >= 0.3 is 0 Å². The van der Waals surface area contributed by atoms with Gasteiger partial charge in [0.05, 0.1) is 0 Å². The van der Waals surface area contributed by atoms with Crippen molar-refractivity contribution in [3.8, 4) is 0 Å². The second-order valence-corrected chi connectivity index (χ2v) is 5.78. The minimum Gasteiger partial charge on any atom is -0.248 e. The second kappa shape index (κ2) is 6.85. The molecular weight excluding hydrogens is 302 g/mol. The molecule has 2 aromatic rings. The van der Waals surface area contributed by atoms with Gasteiger partial charge in [-0.2, -0.15) is 5.10 Å². The summed E-state index contributed by atoms with van der Waals surface area (Å²) in [4.78, 5) is 4.40. The Labute approximate surface area is 123 Å². The summed E-state index contributed by atoms with van der Waals surface area (Å²) in [5, 5.41) is 5.28. The fraction of sp³-hybridized carbons (Fsp3) is 0.467. The number of alkyl halides is 1. The molecule has 0 amide bonds. The van der Waals surface area contributed by atoms with Gasteiger partial charge in [-0.1, -0.05) is 46.3 Å². The van der Waals surface area contributed by atoms with Crippen LogP contribution < -0.4 is 0 Å². The van der Waals surface area contributed by atoms with Crippen molar-refractivity contribution >= 4 is 15.9 Å². The highest BCUT2D eigenvalue weighted by Crippen LogP contribution is 2.17. The van der Waals surface area contributed by atoms with E-state index in [1.165, 1.54) is 5.56 Å². The van der Waals surface area contributed by atoms with E-state index in [0.717, 1.165) is 24.0 Å². The maximum Gasteiger partial charge on any atom is 0.138 e. The fourth-order valence-corrected chi connectivity index (χ4v) is 2.70. The van der Waals surface area contributed by atoms with Gasteiger partial charge < -0.3 is 0 Å². The topological polar surface area (TPSA) is 30.7 Å². The van der Waals surface area contributed by atoms with E-state index in [1.807, 2.05) is 4.68 Å². The van der Waals surface area contributed by atoms with Gasteiger partial charge in [0.1, 0.15) is 12.2 Å². The van der Waals surface area contributed by atoms with E-state index in [2.05, 4.69) is 70.2 Å². The molecule has 0 spiro atoms. The van der Waals surface area contributed by atoms with Crippen LogP contribution in [0.4, 0.5) is 0 Å². The normalized spacial score (nSPS) is 12.8. The molecule has 0 bridgehead atoms. The van der Waals surface area contributed by atoms with Crippen LogP contribution in [0.25, 0.3) is 0 Å². The molecule has 1 aromatic carbocycles.